The second-order valence-corrected chi connectivity index (χ2v) is 5.11. The molecule has 1 N–H and O–H groups in total. The number of aryl methyl sites for hydroxylation is 2. The predicted molar refractivity (Wildman–Crippen MR) is 77.6 cm³/mol. The van der Waals surface area contributed by atoms with Crippen molar-refractivity contribution >= 4 is 22.5 Å². The van der Waals surface area contributed by atoms with Gasteiger partial charge in [-0.25, -0.2) is 0 Å². The lowest BCUT2D eigenvalue weighted by atomic mass is 10.0. The van der Waals surface area contributed by atoms with Gasteiger partial charge in [-0.2, -0.15) is 5.10 Å². The van der Waals surface area contributed by atoms with Crippen LogP contribution in [0.3, 0.4) is 0 Å². The first-order valence-electron chi connectivity index (χ1n) is 5.97. The second-order valence-electron chi connectivity index (χ2n) is 4.70. The average Bonchev–Trinajstić information content (AvgIpc) is 2.70. The van der Waals surface area contributed by atoms with Crippen LogP contribution in [0.15, 0.2) is 36.5 Å². The van der Waals surface area contributed by atoms with E-state index in [1.165, 1.54) is 0 Å². The van der Waals surface area contributed by atoms with Gasteiger partial charge in [0.05, 0.1) is 10.5 Å². The van der Waals surface area contributed by atoms with E-state index in [1.807, 2.05) is 26.2 Å². The molecule has 19 heavy (non-hydrogen) atoms. The van der Waals surface area contributed by atoms with Gasteiger partial charge in [-0.05, 0) is 48.4 Å². The Kier molecular flexibility index (Phi) is 2.72. The normalized spacial score (nSPS) is 11.1. The molecule has 0 amide bonds. The molecule has 2 aromatic carbocycles. The smallest absolute Gasteiger partial charge is 0.117 e. The molecule has 3 rings (SSSR count). The number of phenolic OH excluding ortho intramolecular Hbond substituents is 1. The largest absolute Gasteiger partial charge is 0.508 e. The molecule has 1 aromatic heterocycles. The number of phenols is 1. The van der Waals surface area contributed by atoms with Crippen LogP contribution < -0.4 is 0 Å². The lowest BCUT2D eigenvalue weighted by Gasteiger charge is -2.06. The summed E-state index contributed by atoms with van der Waals surface area (Å²) in [4.78, 5) is 0. The van der Waals surface area contributed by atoms with Crippen LogP contribution in [0.2, 0.25) is 5.02 Å². The number of nitrogens with zero attached hydrogens (tertiary/aromatic N) is 2. The number of hydrogen-bond donors (Lipinski definition) is 1. The van der Waals surface area contributed by atoms with Crippen molar-refractivity contribution in [3.63, 3.8) is 0 Å². The molecular formula is C15H13ClN2O. The van der Waals surface area contributed by atoms with Gasteiger partial charge in [0.15, 0.2) is 0 Å². The molecule has 3 aromatic rings. The first-order chi connectivity index (χ1) is 9.04. The maximum absolute atomic E-state index is 9.42. The molecule has 0 unspecified atom stereocenters. The zero-order chi connectivity index (χ0) is 13.6. The summed E-state index contributed by atoms with van der Waals surface area (Å²) in [5.41, 5.74) is 4.05. The molecule has 0 aliphatic carbocycles. The number of rotatable bonds is 1. The standard InChI is InChI=1S/C15H13ClN2O/c1-9-5-10(6-11-8-18(2)17-15(9)11)13-4-3-12(19)7-14(13)16/h3-8,19H,1-2H3. The Hall–Kier alpha value is -2.00. The van der Waals surface area contributed by atoms with Gasteiger partial charge in [0, 0.05) is 24.2 Å². The van der Waals surface area contributed by atoms with Crippen LogP contribution in [-0.4, -0.2) is 14.9 Å². The summed E-state index contributed by atoms with van der Waals surface area (Å²) in [6.45, 7) is 2.03. The fourth-order valence-corrected chi connectivity index (χ4v) is 2.61. The summed E-state index contributed by atoms with van der Waals surface area (Å²) in [6.07, 6.45) is 1.99. The quantitative estimate of drug-likeness (QED) is 0.729. The van der Waals surface area contributed by atoms with Crippen molar-refractivity contribution in [2.75, 3.05) is 0 Å². The van der Waals surface area contributed by atoms with Crippen molar-refractivity contribution < 1.29 is 5.11 Å². The highest BCUT2D eigenvalue weighted by atomic mass is 35.5. The number of fused-ring (bicyclic) bond motifs is 1. The van der Waals surface area contributed by atoms with E-state index in [0.717, 1.165) is 27.6 Å². The first kappa shape index (κ1) is 12.1. The van der Waals surface area contributed by atoms with Gasteiger partial charge in [-0.1, -0.05) is 11.6 Å². The Balaban J connectivity index is 2.25. The van der Waals surface area contributed by atoms with E-state index in [0.29, 0.717) is 5.02 Å². The summed E-state index contributed by atoms with van der Waals surface area (Å²) in [5, 5.41) is 15.5. The van der Waals surface area contributed by atoms with E-state index < -0.39 is 0 Å². The predicted octanol–water partition coefficient (Wildman–Crippen LogP) is 3.91. The molecule has 0 saturated carbocycles. The minimum Gasteiger partial charge on any atom is -0.508 e. The van der Waals surface area contributed by atoms with E-state index in [-0.39, 0.29) is 5.75 Å². The van der Waals surface area contributed by atoms with Crippen LogP contribution in [-0.2, 0) is 7.05 Å². The number of benzene rings is 2. The van der Waals surface area contributed by atoms with Gasteiger partial charge in [-0.3, -0.25) is 4.68 Å². The zero-order valence-electron chi connectivity index (χ0n) is 10.7. The molecule has 0 atom stereocenters. The summed E-state index contributed by atoms with van der Waals surface area (Å²) in [6, 6.07) is 9.15. The van der Waals surface area contributed by atoms with Crippen molar-refractivity contribution in [1.82, 2.24) is 9.78 Å². The van der Waals surface area contributed by atoms with Crippen LogP contribution in [0.1, 0.15) is 5.56 Å². The SMILES string of the molecule is Cc1cc(-c2ccc(O)cc2Cl)cc2cn(C)nc12. The molecule has 1 heterocycles. The van der Waals surface area contributed by atoms with Crippen molar-refractivity contribution in [3.05, 3.63) is 47.1 Å². The monoisotopic (exact) mass is 272 g/mol. The van der Waals surface area contributed by atoms with E-state index in [1.54, 1.807) is 16.8 Å². The average molecular weight is 273 g/mol. The molecule has 4 heteroatoms. The number of aromatic hydroxyl groups is 1. The third kappa shape index (κ3) is 2.06. The Labute approximate surface area is 116 Å². The third-order valence-corrected chi connectivity index (χ3v) is 3.49. The van der Waals surface area contributed by atoms with Crippen LogP contribution in [0.25, 0.3) is 22.0 Å². The van der Waals surface area contributed by atoms with E-state index in [2.05, 4.69) is 17.2 Å². The summed E-state index contributed by atoms with van der Waals surface area (Å²) < 4.78 is 1.81. The minimum absolute atomic E-state index is 0.174. The third-order valence-electron chi connectivity index (χ3n) is 3.18. The fourth-order valence-electron chi connectivity index (χ4n) is 2.32. The molecule has 0 aliphatic rings. The maximum atomic E-state index is 9.42. The number of hydrogen-bond acceptors (Lipinski definition) is 2. The van der Waals surface area contributed by atoms with Crippen LogP contribution in [0.4, 0.5) is 0 Å². The topological polar surface area (TPSA) is 38.0 Å². The molecule has 0 aliphatic heterocycles. The fraction of sp³-hybridized carbons (Fsp3) is 0.133. The number of aromatic nitrogens is 2. The lowest BCUT2D eigenvalue weighted by molar-refractivity contribution is 0.475. The Morgan fingerprint density at radius 3 is 2.74 bits per heavy atom. The molecule has 0 radical (unpaired) electrons. The summed E-state index contributed by atoms with van der Waals surface area (Å²) >= 11 is 6.19. The van der Waals surface area contributed by atoms with Crippen LogP contribution >= 0.6 is 11.6 Å². The Morgan fingerprint density at radius 1 is 1.21 bits per heavy atom. The summed E-state index contributed by atoms with van der Waals surface area (Å²) in [7, 11) is 1.91. The van der Waals surface area contributed by atoms with Crippen molar-refractivity contribution in [2.45, 2.75) is 6.92 Å². The first-order valence-corrected chi connectivity index (χ1v) is 6.35. The molecule has 96 valence electrons. The van der Waals surface area contributed by atoms with Crippen molar-refractivity contribution in [2.24, 2.45) is 7.05 Å². The van der Waals surface area contributed by atoms with Gasteiger partial charge < -0.3 is 5.11 Å². The molecular weight excluding hydrogens is 260 g/mol. The van der Waals surface area contributed by atoms with Gasteiger partial charge in [0.2, 0.25) is 0 Å². The Bertz CT molecular complexity index is 777. The summed E-state index contributed by atoms with van der Waals surface area (Å²) in [5.74, 6) is 0.174. The highest BCUT2D eigenvalue weighted by molar-refractivity contribution is 6.33. The Morgan fingerprint density at radius 2 is 2.00 bits per heavy atom. The molecule has 0 saturated heterocycles. The highest BCUT2D eigenvalue weighted by Crippen LogP contribution is 2.33. The van der Waals surface area contributed by atoms with Gasteiger partial charge in [-0.15, -0.1) is 0 Å². The van der Waals surface area contributed by atoms with Crippen LogP contribution in [0, 0.1) is 6.92 Å². The molecule has 0 fully saturated rings. The highest BCUT2D eigenvalue weighted by Gasteiger charge is 2.09. The minimum atomic E-state index is 0.174. The van der Waals surface area contributed by atoms with E-state index in [4.69, 9.17) is 11.6 Å². The maximum Gasteiger partial charge on any atom is 0.117 e. The number of halogens is 1. The van der Waals surface area contributed by atoms with E-state index in [9.17, 15) is 5.11 Å². The zero-order valence-corrected chi connectivity index (χ0v) is 11.4. The second kappa shape index (κ2) is 4.28. The van der Waals surface area contributed by atoms with Gasteiger partial charge >= 0.3 is 0 Å². The lowest BCUT2D eigenvalue weighted by Crippen LogP contribution is -1.86. The van der Waals surface area contributed by atoms with Gasteiger partial charge in [0.1, 0.15) is 5.75 Å². The van der Waals surface area contributed by atoms with E-state index >= 15 is 0 Å². The molecule has 0 spiro atoms. The van der Waals surface area contributed by atoms with Crippen LogP contribution in [0.5, 0.6) is 5.75 Å². The van der Waals surface area contributed by atoms with Crippen molar-refractivity contribution in [1.29, 1.82) is 0 Å². The van der Waals surface area contributed by atoms with Gasteiger partial charge in [0.25, 0.3) is 0 Å². The molecule has 0 bridgehead atoms. The molecule has 3 nitrogen and oxygen atoms in total. The van der Waals surface area contributed by atoms with Crippen molar-refractivity contribution in [3.8, 4) is 16.9 Å².